The second kappa shape index (κ2) is 8.63. The molecule has 138 valence electrons. The van der Waals surface area contributed by atoms with Crippen molar-refractivity contribution in [1.82, 2.24) is 19.7 Å². The van der Waals surface area contributed by atoms with Gasteiger partial charge in [0.2, 0.25) is 11.8 Å². The van der Waals surface area contributed by atoms with Gasteiger partial charge in [-0.25, -0.2) is 4.98 Å². The number of ether oxygens (including phenoxy) is 1. The highest BCUT2D eigenvalue weighted by Gasteiger charge is 2.24. The number of rotatable bonds is 5. The van der Waals surface area contributed by atoms with Gasteiger partial charge in [0.1, 0.15) is 0 Å². The lowest BCUT2D eigenvalue weighted by Gasteiger charge is -2.36. The summed E-state index contributed by atoms with van der Waals surface area (Å²) in [4.78, 5) is 23.7. The first-order valence-corrected chi connectivity index (χ1v) is 9.36. The smallest absolute Gasteiger partial charge is 0.236 e. The number of hydrogen-bond donors (Lipinski definition) is 0. The Balaban J connectivity index is 1.41. The van der Waals surface area contributed by atoms with Crippen molar-refractivity contribution < 1.29 is 9.53 Å². The fourth-order valence-electron chi connectivity index (χ4n) is 3.54. The zero-order valence-electron chi connectivity index (χ0n) is 15.5. The Morgan fingerprint density at radius 2 is 1.80 bits per heavy atom. The van der Waals surface area contributed by atoms with Gasteiger partial charge in [-0.15, -0.1) is 0 Å². The highest BCUT2D eigenvalue weighted by molar-refractivity contribution is 5.78. The Bertz CT molecular complexity index is 564. The molecule has 0 aliphatic carbocycles. The van der Waals surface area contributed by atoms with Gasteiger partial charge in [-0.1, -0.05) is 13.0 Å². The number of likely N-dealkylation sites (tertiary alicyclic amines) is 1. The van der Waals surface area contributed by atoms with Gasteiger partial charge in [-0.2, -0.15) is 0 Å². The topological polar surface area (TPSA) is 48.9 Å². The van der Waals surface area contributed by atoms with Gasteiger partial charge in [0.05, 0.1) is 19.3 Å². The first-order chi connectivity index (χ1) is 12.1. The maximum atomic E-state index is 12.5. The summed E-state index contributed by atoms with van der Waals surface area (Å²) in [6.07, 6.45) is 2.29. The van der Waals surface area contributed by atoms with Gasteiger partial charge in [-0.05, 0) is 24.8 Å². The first kappa shape index (κ1) is 18.1. The van der Waals surface area contributed by atoms with Crippen molar-refractivity contribution >= 4 is 5.91 Å². The number of piperidine rings is 1. The third-order valence-electron chi connectivity index (χ3n) is 5.34. The molecular formula is C19H30N4O2. The molecule has 0 radical (unpaired) electrons. The lowest BCUT2D eigenvalue weighted by Crippen LogP contribution is -2.50. The molecule has 3 heterocycles. The van der Waals surface area contributed by atoms with Crippen LogP contribution in [-0.4, -0.2) is 78.5 Å². The second-order valence-electron chi connectivity index (χ2n) is 7.29. The van der Waals surface area contributed by atoms with E-state index in [1.54, 1.807) is 7.11 Å². The zero-order chi connectivity index (χ0) is 17.6. The monoisotopic (exact) mass is 346 g/mol. The second-order valence-corrected chi connectivity index (χ2v) is 7.29. The molecule has 2 fully saturated rings. The van der Waals surface area contributed by atoms with Crippen molar-refractivity contribution in [2.75, 3.05) is 52.9 Å². The van der Waals surface area contributed by atoms with Gasteiger partial charge in [0.15, 0.2) is 0 Å². The summed E-state index contributed by atoms with van der Waals surface area (Å²) >= 11 is 0. The molecule has 0 saturated carbocycles. The normalized spacial score (nSPS) is 20.6. The van der Waals surface area contributed by atoms with Crippen molar-refractivity contribution in [2.45, 2.75) is 26.3 Å². The minimum absolute atomic E-state index is 0.301. The average Bonchev–Trinajstić information content (AvgIpc) is 2.64. The van der Waals surface area contributed by atoms with Crippen LogP contribution < -0.4 is 4.74 Å². The quantitative estimate of drug-likeness (QED) is 0.808. The summed E-state index contributed by atoms with van der Waals surface area (Å²) in [5.74, 6) is 1.73. The van der Waals surface area contributed by atoms with Gasteiger partial charge in [0.25, 0.3) is 0 Å². The molecule has 25 heavy (non-hydrogen) atoms. The van der Waals surface area contributed by atoms with E-state index in [2.05, 4.69) is 21.7 Å². The molecule has 1 aromatic heterocycles. The number of carbonyl (C=O) groups is 1. The summed E-state index contributed by atoms with van der Waals surface area (Å²) in [6, 6.07) is 5.89. The fourth-order valence-corrected chi connectivity index (χ4v) is 3.54. The van der Waals surface area contributed by atoms with Crippen molar-refractivity contribution in [3.8, 4) is 5.88 Å². The molecule has 0 bridgehead atoms. The number of carbonyl (C=O) groups excluding carboxylic acids is 1. The lowest BCUT2D eigenvalue weighted by atomic mass is 9.99. The van der Waals surface area contributed by atoms with E-state index in [0.29, 0.717) is 18.3 Å². The van der Waals surface area contributed by atoms with E-state index in [4.69, 9.17) is 4.74 Å². The Morgan fingerprint density at radius 1 is 1.12 bits per heavy atom. The molecule has 0 atom stereocenters. The van der Waals surface area contributed by atoms with E-state index < -0.39 is 0 Å². The van der Waals surface area contributed by atoms with Crippen LogP contribution in [0.5, 0.6) is 5.88 Å². The van der Waals surface area contributed by atoms with Crippen LogP contribution >= 0.6 is 0 Å². The van der Waals surface area contributed by atoms with E-state index in [1.165, 1.54) is 0 Å². The number of methoxy groups -OCH3 is 1. The molecule has 6 nitrogen and oxygen atoms in total. The van der Waals surface area contributed by atoms with Crippen molar-refractivity contribution in [3.63, 3.8) is 0 Å². The van der Waals surface area contributed by atoms with Gasteiger partial charge in [0, 0.05) is 51.9 Å². The largest absolute Gasteiger partial charge is 0.481 e. The number of pyridine rings is 1. The minimum atomic E-state index is 0.301. The SMILES string of the molecule is COc1cccc(CN2CCN(CC(=O)N3CCC(C)CC3)CC2)n1. The number of piperazine rings is 1. The molecule has 1 amide bonds. The molecule has 2 saturated heterocycles. The molecule has 1 aromatic rings. The molecule has 0 spiro atoms. The van der Waals surface area contributed by atoms with Gasteiger partial charge >= 0.3 is 0 Å². The van der Waals surface area contributed by atoms with Crippen LogP contribution in [0.15, 0.2) is 18.2 Å². The minimum Gasteiger partial charge on any atom is -0.481 e. The highest BCUT2D eigenvalue weighted by Crippen LogP contribution is 2.16. The standard InChI is InChI=1S/C19H30N4O2/c1-16-6-8-23(9-7-16)19(24)15-22-12-10-21(11-13-22)14-17-4-3-5-18(20-17)25-2/h3-5,16H,6-15H2,1-2H3. The van der Waals surface area contributed by atoms with Crippen LogP contribution in [0.2, 0.25) is 0 Å². The molecule has 2 aliphatic heterocycles. The average molecular weight is 346 g/mol. The van der Waals surface area contributed by atoms with E-state index in [-0.39, 0.29) is 0 Å². The maximum absolute atomic E-state index is 12.5. The van der Waals surface area contributed by atoms with Gasteiger partial charge in [-0.3, -0.25) is 14.6 Å². The van der Waals surface area contributed by atoms with E-state index >= 15 is 0 Å². The summed E-state index contributed by atoms with van der Waals surface area (Å²) in [6.45, 7) is 9.39. The summed E-state index contributed by atoms with van der Waals surface area (Å²) in [5.41, 5.74) is 1.03. The van der Waals surface area contributed by atoms with Crippen LogP contribution in [0.1, 0.15) is 25.5 Å². The number of amides is 1. The predicted molar refractivity (Wildman–Crippen MR) is 97.5 cm³/mol. The number of aromatic nitrogens is 1. The summed E-state index contributed by atoms with van der Waals surface area (Å²) < 4.78 is 5.19. The molecule has 2 aliphatic rings. The van der Waals surface area contributed by atoms with Crippen molar-refractivity contribution in [1.29, 1.82) is 0 Å². The van der Waals surface area contributed by atoms with Crippen LogP contribution in [0, 0.1) is 5.92 Å². The third-order valence-corrected chi connectivity index (χ3v) is 5.34. The molecule has 0 N–H and O–H groups in total. The lowest BCUT2D eigenvalue weighted by molar-refractivity contribution is -0.134. The fraction of sp³-hybridized carbons (Fsp3) is 0.684. The summed E-state index contributed by atoms with van der Waals surface area (Å²) in [7, 11) is 1.64. The predicted octanol–water partition coefficient (Wildman–Crippen LogP) is 1.47. The molecule has 0 unspecified atom stereocenters. The van der Waals surface area contributed by atoms with E-state index in [9.17, 15) is 4.79 Å². The first-order valence-electron chi connectivity index (χ1n) is 9.36. The van der Waals surface area contributed by atoms with Crippen molar-refractivity contribution in [2.24, 2.45) is 5.92 Å². The summed E-state index contributed by atoms with van der Waals surface area (Å²) in [5, 5.41) is 0. The van der Waals surface area contributed by atoms with E-state index in [0.717, 1.165) is 70.3 Å². The maximum Gasteiger partial charge on any atom is 0.236 e. The number of hydrogen-bond acceptors (Lipinski definition) is 5. The molecule has 3 rings (SSSR count). The Kier molecular flexibility index (Phi) is 6.26. The van der Waals surface area contributed by atoms with Crippen LogP contribution in [-0.2, 0) is 11.3 Å². The van der Waals surface area contributed by atoms with Crippen LogP contribution in [0.4, 0.5) is 0 Å². The van der Waals surface area contributed by atoms with Crippen molar-refractivity contribution in [3.05, 3.63) is 23.9 Å². The Morgan fingerprint density at radius 3 is 2.48 bits per heavy atom. The number of nitrogens with zero attached hydrogens (tertiary/aromatic N) is 4. The Labute approximate surface area is 150 Å². The van der Waals surface area contributed by atoms with Crippen LogP contribution in [0.25, 0.3) is 0 Å². The molecular weight excluding hydrogens is 316 g/mol. The highest BCUT2D eigenvalue weighted by atomic mass is 16.5. The Hall–Kier alpha value is -1.66. The zero-order valence-corrected chi connectivity index (χ0v) is 15.5. The van der Waals surface area contributed by atoms with Crippen LogP contribution in [0.3, 0.4) is 0 Å². The molecule has 0 aromatic carbocycles. The third kappa shape index (κ3) is 5.16. The molecule has 6 heteroatoms. The van der Waals surface area contributed by atoms with Gasteiger partial charge < -0.3 is 9.64 Å². The van der Waals surface area contributed by atoms with E-state index in [1.807, 2.05) is 23.1 Å².